The van der Waals surface area contributed by atoms with Crippen LogP contribution in [0.5, 0.6) is 0 Å². The molecule has 0 saturated carbocycles. The van der Waals surface area contributed by atoms with Crippen LogP contribution in [-0.4, -0.2) is 39.8 Å². The van der Waals surface area contributed by atoms with Crippen LogP contribution in [0.25, 0.3) is 22.6 Å². The summed E-state index contributed by atoms with van der Waals surface area (Å²) < 4.78 is 24.4. The van der Waals surface area contributed by atoms with Gasteiger partial charge >= 0.3 is 6.09 Å². The number of benzene rings is 1. The van der Waals surface area contributed by atoms with Gasteiger partial charge in [0.1, 0.15) is 11.5 Å². The molecule has 0 unspecified atom stereocenters. The van der Waals surface area contributed by atoms with Gasteiger partial charge in [-0.3, -0.25) is 14.7 Å². The van der Waals surface area contributed by atoms with E-state index in [-0.39, 0.29) is 12.2 Å². The first-order valence-corrected chi connectivity index (χ1v) is 8.26. The largest absolute Gasteiger partial charge is 0.434 e. The Labute approximate surface area is 157 Å². The normalized spacial score (nSPS) is 16.3. The van der Waals surface area contributed by atoms with E-state index < -0.39 is 23.9 Å². The average Bonchev–Trinajstić information content (AvgIpc) is 3.28. The number of carbonyl (C=O) groups excluding carboxylic acids is 2. The summed E-state index contributed by atoms with van der Waals surface area (Å²) >= 11 is 0. The topological polar surface area (TPSA) is 124 Å². The quantitative estimate of drug-likeness (QED) is 0.731. The molecule has 1 aliphatic heterocycles. The van der Waals surface area contributed by atoms with Crippen LogP contribution >= 0.6 is 0 Å². The number of ether oxygens (including phenoxy) is 1. The number of pyridine rings is 1. The first kappa shape index (κ1) is 17.6. The molecule has 9 nitrogen and oxygen atoms in total. The minimum Gasteiger partial charge on any atom is -0.434 e. The van der Waals surface area contributed by atoms with E-state index in [2.05, 4.69) is 15.1 Å². The summed E-state index contributed by atoms with van der Waals surface area (Å²) in [7, 11) is 0. The van der Waals surface area contributed by atoms with Gasteiger partial charge in [0.15, 0.2) is 6.10 Å². The number of rotatable bonds is 4. The summed E-state index contributed by atoms with van der Waals surface area (Å²) in [6, 6.07) is 7.60. The summed E-state index contributed by atoms with van der Waals surface area (Å²) in [4.78, 5) is 32.5. The Kier molecular flexibility index (Phi) is 4.22. The van der Waals surface area contributed by atoms with E-state index >= 15 is 0 Å². The van der Waals surface area contributed by atoms with Gasteiger partial charge in [0, 0.05) is 24.2 Å². The monoisotopic (exact) mass is 383 g/mol. The fourth-order valence-corrected chi connectivity index (χ4v) is 2.82. The molecule has 28 heavy (non-hydrogen) atoms. The zero-order chi connectivity index (χ0) is 19.8. The fraction of sp³-hybridized carbons (Fsp3) is 0.167. The van der Waals surface area contributed by atoms with Gasteiger partial charge < -0.3 is 15.0 Å². The Balaban J connectivity index is 1.58. The Hall–Kier alpha value is -3.82. The average molecular weight is 383 g/mol. The maximum absolute atomic E-state index is 14.7. The molecule has 2 aromatic heterocycles. The second kappa shape index (κ2) is 6.72. The molecule has 1 aliphatic rings. The van der Waals surface area contributed by atoms with E-state index in [1.165, 1.54) is 18.3 Å². The third-order valence-corrected chi connectivity index (χ3v) is 4.22. The van der Waals surface area contributed by atoms with E-state index in [1.54, 1.807) is 25.1 Å². The minimum absolute atomic E-state index is 0.0622. The fourth-order valence-electron chi connectivity index (χ4n) is 2.82. The number of halogens is 1. The molecule has 3 aromatic rings. The van der Waals surface area contributed by atoms with Crippen molar-refractivity contribution in [2.45, 2.75) is 13.0 Å². The molecule has 3 heterocycles. The van der Waals surface area contributed by atoms with E-state index in [0.717, 1.165) is 4.90 Å². The number of amides is 2. The number of hydrogen-bond acceptors (Lipinski definition) is 7. The summed E-state index contributed by atoms with van der Waals surface area (Å²) in [6.07, 6.45) is -0.315. The molecule has 142 valence electrons. The van der Waals surface area contributed by atoms with Crippen molar-refractivity contribution in [2.24, 2.45) is 5.73 Å². The van der Waals surface area contributed by atoms with Gasteiger partial charge in [-0.2, -0.15) is 4.98 Å². The first-order valence-electron chi connectivity index (χ1n) is 8.26. The van der Waals surface area contributed by atoms with E-state index in [1.807, 2.05) is 0 Å². The molecule has 1 saturated heterocycles. The van der Waals surface area contributed by atoms with Crippen molar-refractivity contribution in [3.05, 3.63) is 48.2 Å². The molecule has 1 fully saturated rings. The van der Waals surface area contributed by atoms with Gasteiger partial charge in [-0.25, -0.2) is 9.18 Å². The molecule has 2 amide bonds. The Bertz CT molecular complexity index is 1070. The maximum atomic E-state index is 14.7. The smallest absolute Gasteiger partial charge is 0.415 e. The Morgan fingerprint density at radius 2 is 2.14 bits per heavy atom. The van der Waals surface area contributed by atoms with E-state index in [4.69, 9.17) is 15.0 Å². The molecular weight excluding hydrogens is 369 g/mol. The van der Waals surface area contributed by atoms with Crippen LogP contribution in [0.3, 0.4) is 0 Å². The highest BCUT2D eigenvalue weighted by molar-refractivity contribution is 5.95. The van der Waals surface area contributed by atoms with Crippen LogP contribution in [-0.2, 0) is 9.53 Å². The molecular formula is C18H14FN5O4. The first-order chi connectivity index (χ1) is 13.4. The summed E-state index contributed by atoms with van der Waals surface area (Å²) in [6.45, 7) is 1.61. The van der Waals surface area contributed by atoms with E-state index in [9.17, 15) is 14.0 Å². The third kappa shape index (κ3) is 3.15. The van der Waals surface area contributed by atoms with Crippen LogP contribution in [0.2, 0.25) is 0 Å². The van der Waals surface area contributed by atoms with Gasteiger partial charge in [-0.05, 0) is 24.3 Å². The van der Waals surface area contributed by atoms with E-state index in [0.29, 0.717) is 28.5 Å². The Morgan fingerprint density at radius 1 is 1.32 bits per heavy atom. The number of anilines is 1. The van der Waals surface area contributed by atoms with Crippen molar-refractivity contribution < 1.29 is 23.2 Å². The lowest BCUT2D eigenvalue weighted by molar-refractivity contribution is -0.124. The molecule has 10 heteroatoms. The van der Waals surface area contributed by atoms with Crippen LogP contribution < -0.4 is 10.6 Å². The lowest BCUT2D eigenvalue weighted by atomic mass is 10.1. The molecule has 1 atom stereocenters. The lowest BCUT2D eigenvalue weighted by Crippen LogP contribution is -2.32. The van der Waals surface area contributed by atoms with Crippen molar-refractivity contribution in [3.63, 3.8) is 0 Å². The molecule has 2 N–H and O–H groups in total. The van der Waals surface area contributed by atoms with Gasteiger partial charge in [0.2, 0.25) is 11.7 Å². The number of nitrogens with two attached hydrogens (primary N) is 1. The summed E-state index contributed by atoms with van der Waals surface area (Å²) in [5.74, 6) is -0.549. The molecule has 0 bridgehead atoms. The van der Waals surface area contributed by atoms with Crippen molar-refractivity contribution in [3.8, 4) is 22.6 Å². The van der Waals surface area contributed by atoms with Gasteiger partial charge in [0.05, 0.1) is 12.2 Å². The van der Waals surface area contributed by atoms with Gasteiger partial charge in [-0.1, -0.05) is 11.2 Å². The minimum atomic E-state index is -1.05. The van der Waals surface area contributed by atoms with Crippen molar-refractivity contribution in [1.82, 2.24) is 15.1 Å². The van der Waals surface area contributed by atoms with Crippen molar-refractivity contribution in [2.75, 3.05) is 11.4 Å². The van der Waals surface area contributed by atoms with Gasteiger partial charge in [0.25, 0.3) is 5.91 Å². The van der Waals surface area contributed by atoms with Crippen LogP contribution in [0, 0.1) is 12.7 Å². The number of hydrogen-bond donors (Lipinski definition) is 1. The number of primary amides is 1. The molecule has 0 aliphatic carbocycles. The highest BCUT2D eigenvalue weighted by Crippen LogP contribution is 2.29. The summed E-state index contributed by atoms with van der Waals surface area (Å²) in [5, 5.41) is 3.78. The van der Waals surface area contributed by atoms with Crippen LogP contribution in [0.4, 0.5) is 14.9 Å². The number of aromatic nitrogens is 3. The number of nitrogens with zero attached hydrogens (tertiary/aromatic N) is 4. The van der Waals surface area contributed by atoms with Crippen molar-refractivity contribution in [1.29, 1.82) is 0 Å². The number of cyclic esters (lactones) is 1. The predicted molar refractivity (Wildman–Crippen MR) is 94.5 cm³/mol. The maximum Gasteiger partial charge on any atom is 0.415 e. The molecule has 1 aromatic carbocycles. The second-order valence-electron chi connectivity index (χ2n) is 6.12. The zero-order valence-electron chi connectivity index (χ0n) is 14.6. The second-order valence-corrected chi connectivity index (χ2v) is 6.12. The molecule has 4 rings (SSSR count). The van der Waals surface area contributed by atoms with Crippen LogP contribution in [0.15, 0.2) is 41.1 Å². The SMILES string of the molecule is Cc1nc(-c2ccc(-c3ccc(N4C[C@H](C(N)=O)OC4=O)cc3F)cn2)no1. The zero-order valence-corrected chi connectivity index (χ0v) is 14.6. The summed E-state index contributed by atoms with van der Waals surface area (Å²) in [5.41, 5.74) is 6.74. The number of aryl methyl sites for hydroxylation is 1. The van der Waals surface area contributed by atoms with Crippen LogP contribution in [0.1, 0.15) is 5.89 Å². The third-order valence-electron chi connectivity index (χ3n) is 4.22. The lowest BCUT2D eigenvalue weighted by Gasteiger charge is -2.14. The van der Waals surface area contributed by atoms with Gasteiger partial charge in [-0.15, -0.1) is 0 Å². The Morgan fingerprint density at radius 3 is 2.71 bits per heavy atom. The standard InChI is InChI=1S/C18H14FN5O4/c1-9-22-17(23-28-9)14-5-2-10(7-21-14)12-4-3-11(6-13(12)19)24-8-15(16(20)25)27-18(24)26/h2-7,15H,8H2,1H3,(H2,20,25)/t15-/m1/s1. The predicted octanol–water partition coefficient (Wildman–Crippen LogP) is 2.06. The highest BCUT2D eigenvalue weighted by atomic mass is 19.1. The van der Waals surface area contributed by atoms with Crippen molar-refractivity contribution >= 4 is 17.7 Å². The highest BCUT2D eigenvalue weighted by Gasteiger charge is 2.36. The molecule has 0 radical (unpaired) electrons. The number of carbonyl (C=O) groups is 2. The molecule has 0 spiro atoms.